The Bertz CT molecular complexity index is 150. The van der Waals surface area contributed by atoms with Crippen molar-refractivity contribution in [3.8, 4) is 0 Å². The van der Waals surface area contributed by atoms with E-state index in [9.17, 15) is 0 Å². The van der Waals surface area contributed by atoms with Gasteiger partial charge in [0.1, 0.15) is 5.66 Å². The zero-order valence-corrected chi connectivity index (χ0v) is 8.16. The van der Waals surface area contributed by atoms with E-state index in [4.69, 9.17) is 34.4 Å². The molecule has 12 N–H and O–H groups in total. The van der Waals surface area contributed by atoms with Crippen LogP contribution in [0, 0.1) is 0 Å². The van der Waals surface area contributed by atoms with E-state index in [-0.39, 0.29) is 0 Å². The fourth-order valence-corrected chi connectivity index (χ4v) is 0.976. The van der Waals surface area contributed by atoms with E-state index in [1.807, 2.05) is 0 Å². The molecule has 0 fully saturated rings. The van der Waals surface area contributed by atoms with E-state index in [0.29, 0.717) is 13.0 Å². The molecule has 0 heterocycles. The van der Waals surface area contributed by atoms with Crippen LogP contribution in [0.3, 0.4) is 0 Å². The van der Waals surface area contributed by atoms with Gasteiger partial charge in [0.2, 0.25) is 0 Å². The SMILES string of the molecule is CC(N)(N)C(N)(N)C(N)CCCN. The number of hydrogen-bond donors (Lipinski definition) is 6. The lowest BCUT2D eigenvalue weighted by Gasteiger charge is -2.41. The normalized spacial score (nSPS) is 15.9. The third-order valence-electron chi connectivity index (χ3n) is 2.27. The molecule has 0 aromatic heterocycles. The highest BCUT2D eigenvalue weighted by molar-refractivity contribution is 5.02. The molecule has 1 unspecified atom stereocenters. The maximum Gasteiger partial charge on any atom is 0.111 e. The Hall–Kier alpha value is -0.240. The second kappa shape index (κ2) is 4.32. The molecule has 0 aliphatic rings. The number of hydrogen-bond acceptors (Lipinski definition) is 6. The smallest absolute Gasteiger partial charge is 0.111 e. The second-order valence-electron chi connectivity index (χ2n) is 3.75. The molecule has 80 valence electrons. The van der Waals surface area contributed by atoms with E-state index in [2.05, 4.69) is 0 Å². The maximum absolute atomic E-state index is 5.76. The van der Waals surface area contributed by atoms with Crippen molar-refractivity contribution in [1.29, 1.82) is 0 Å². The predicted molar refractivity (Wildman–Crippen MR) is 54.1 cm³/mol. The van der Waals surface area contributed by atoms with Gasteiger partial charge in [-0.25, -0.2) is 0 Å². The Labute approximate surface area is 79.0 Å². The fourth-order valence-electron chi connectivity index (χ4n) is 0.976. The maximum atomic E-state index is 5.76. The van der Waals surface area contributed by atoms with Crippen LogP contribution in [0.4, 0.5) is 0 Å². The van der Waals surface area contributed by atoms with Gasteiger partial charge in [-0.1, -0.05) is 0 Å². The molecular weight excluding hydrogens is 168 g/mol. The molecule has 1 atom stereocenters. The minimum atomic E-state index is -1.28. The predicted octanol–water partition coefficient (Wildman–Crippen LogP) is -2.70. The molecule has 0 spiro atoms. The molecule has 0 aromatic carbocycles. The Morgan fingerprint density at radius 3 is 1.92 bits per heavy atom. The molecule has 0 aromatic rings. The zero-order valence-electron chi connectivity index (χ0n) is 8.16. The number of nitrogens with two attached hydrogens (primary N) is 6. The van der Waals surface area contributed by atoms with Crippen molar-refractivity contribution in [2.45, 2.75) is 37.1 Å². The molecule has 6 nitrogen and oxygen atoms in total. The summed E-state index contributed by atoms with van der Waals surface area (Å²) in [6, 6.07) is -0.448. The zero-order chi connectivity index (χ0) is 10.7. The van der Waals surface area contributed by atoms with Gasteiger partial charge in [-0.05, 0) is 26.3 Å². The van der Waals surface area contributed by atoms with Crippen molar-refractivity contribution in [1.82, 2.24) is 0 Å². The summed E-state index contributed by atoms with van der Waals surface area (Å²) in [4.78, 5) is 0. The molecule has 0 rings (SSSR count). The summed E-state index contributed by atoms with van der Waals surface area (Å²) in [7, 11) is 0. The van der Waals surface area contributed by atoms with Crippen LogP contribution in [0.25, 0.3) is 0 Å². The van der Waals surface area contributed by atoms with Gasteiger partial charge >= 0.3 is 0 Å². The minimum Gasteiger partial charge on any atom is -0.330 e. The van der Waals surface area contributed by atoms with E-state index in [1.165, 1.54) is 0 Å². The third kappa shape index (κ3) is 3.18. The lowest BCUT2D eigenvalue weighted by Crippen LogP contribution is -2.80. The standard InChI is InChI=1S/C7H22N6/c1-6(10,11)7(12,13)5(9)3-2-4-8/h5H,2-4,8-13H2,1H3. The summed E-state index contributed by atoms with van der Waals surface area (Å²) >= 11 is 0. The van der Waals surface area contributed by atoms with Gasteiger partial charge in [-0.2, -0.15) is 0 Å². The summed E-state index contributed by atoms with van der Waals surface area (Å²) < 4.78 is 0. The molecule has 0 bridgehead atoms. The van der Waals surface area contributed by atoms with E-state index >= 15 is 0 Å². The fraction of sp³-hybridized carbons (Fsp3) is 1.00. The summed E-state index contributed by atoms with van der Waals surface area (Å²) in [5.41, 5.74) is 31.3. The topological polar surface area (TPSA) is 156 Å². The van der Waals surface area contributed by atoms with Gasteiger partial charge in [0.25, 0.3) is 0 Å². The monoisotopic (exact) mass is 190 g/mol. The van der Waals surface area contributed by atoms with Crippen LogP contribution in [0.5, 0.6) is 0 Å². The molecule has 0 saturated heterocycles. The first-order valence-corrected chi connectivity index (χ1v) is 4.34. The molecule has 0 amide bonds. The Balaban J connectivity index is 4.27. The molecule has 0 aliphatic heterocycles. The van der Waals surface area contributed by atoms with Crippen molar-refractivity contribution in [3.63, 3.8) is 0 Å². The van der Waals surface area contributed by atoms with Crippen molar-refractivity contribution in [2.75, 3.05) is 6.54 Å². The molecule has 0 saturated carbocycles. The Morgan fingerprint density at radius 1 is 1.15 bits per heavy atom. The van der Waals surface area contributed by atoms with Crippen LogP contribution >= 0.6 is 0 Å². The van der Waals surface area contributed by atoms with Crippen molar-refractivity contribution < 1.29 is 0 Å². The highest BCUT2D eigenvalue weighted by atomic mass is 15.2. The Kier molecular flexibility index (Phi) is 4.24. The molecule has 13 heavy (non-hydrogen) atoms. The average molecular weight is 190 g/mol. The highest BCUT2D eigenvalue weighted by Gasteiger charge is 2.40. The van der Waals surface area contributed by atoms with Gasteiger partial charge in [-0.15, -0.1) is 0 Å². The van der Waals surface area contributed by atoms with Crippen LogP contribution in [-0.4, -0.2) is 23.9 Å². The minimum absolute atomic E-state index is 0.448. The number of rotatable bonds is 5. The largest absolute Gasteiger partial charge is 0.330 e. The lowest BCUT2D eigenvalue weighted by molar-refractivity contribution is 0.200. The van der Waals surface area contributed by atoms with Crippen LogP contribution in [0.1, 0.15) is 19.8 Å². The van der Waals surface area contributed by atoms with Crippen LogP contribution in [0.2, 0.25) is 0 Å². The van der Waals surface area contributed by atoms with E-state index in [1.54, 1.807) is 6.92 Å². The summed E-state index contributed by atoms with van der Waals surface area (Å²) in [5, 5.41) is 0. The van der Waals surface area contributed by atoms with Gasteiger partial charge in [0, 0.05) is 6.04 Å². The van der Waals surface area contributed by atoms with Gasteiger partial charge < -0.3 is 34.4 Å². The van der Waals surface area contributed by atoms with Crippen LogP contribution in [-0.2, 0) is 0 Å². The second-order valence-corrected chi connectivity index (χ2v) is 3.75. The quantitative estimate of drug-likeness (QED) is 0.259. The van der Waals surface area contributed by atoms with Gasteiger partial charge in [0.05, 0.1) is 5.66 Å². The van der Waals surface area contributed by atoms with Crippen molar-refractivity contribution in [3.05, 3.63) is 0 Å². The average Bonchev–Trinajstić information content (AvgIpc) is 1.97. The Morgan fingerprint density at radius 2 is 1.62 bits per heavy atom. The first-order chi connectivity index (χ1) is 5.73. The first-order valence-electron chi connectivity index (χ1n) is 4.34. The van der Waals surface area contributed by atoms with Gasteiger partial charge in [0.15, 0.2) is 0 Å². The van der Waals surface area contributed by atoms with Crippen LogP contribution < -0.4 is 34.4 Å². The first kappa shape index (κ1) is 12.8. The molecule has 6 heteroatoms. The highest BCUT2D eigenvalue weighted by Crippen LogP contribution is 2.12. The van der Waals surface area contributed by atoms with E-state index in [0.717, 1.165) is 6.42 Å². The van der Waals surface area contributed by atoms with Crippen LogP contribution in [0.15, 0.2) is 0 Å². The summed E-state index contributed by atoms with van der Waals surface area (Å²) in [6.45, 7) is 2.10. The van der Waals surface area contributed by atoms with Crippen molar-refractivity contribution in [2.24, 2.45) is 34.4 Å². The summed E-state index contributed by atoms with van der Waals surface area (Å²) in [6.07, 6.45) is 1.38. The molecule has 0 aliphatic carbocycles. The lowest BCUT2D eigenvalue weighted by atomic mass is 9.88. The third-order valence-corrected chi connectivity index (χ3v) is 2.27. The van der Waals surface area contributed by atoms with Crippen molar-refractivity contribution >= 4 is 0 Å². The molecular formula is C7H22N6. The van der Waals surface area contributed by atoms with Gasteiger partial charge in [-0.3, -0.25) is 0 Å². The summed E-state index contributed by atoms with van der Waals surface area (Å²) in [5.74, 6) is 0. The van der Waals surface area contributed by atoms with E-state index < -0.39 is 17.4 Å². The molecule has 0 radical (unpaired) electrons.